The highest BCUT2D eigenvalue weighted by molar-refractivity contribution is 5.97. The lowest BCUT2D eigenvalue weighted by atomic mass is 9.91. The summed E-state index contributed by atoms with van der Waals surface area (Å²) in [5.41, 5.74) is 13.2. The van der Waals surface area contributed by atoms with E-state index in [1.165, 1.54) is 5.56 Å². The Balaban J connectivity index is 1.70. The zero-order chi connectivity index (χ0) is 21.5. The summed E-state index contributed by atoms with van der Waals surface area (Å²) < 4.78 is 0. The number of nitrogens with two attached hydrogens (primary N) is 1. The fourth-order valence-corrected chi connectivity index (χ4v) is 3.79. The molecule has 5 nitrogen and oxygen atoms in total. The number of nitrogens with zero attached hydrogens (tertiary/aromatic N) is 2. The van der Waals surface area contributed by atoms with Crippen molar-refractivity contribution >= 4 is 11.7 Å². The number of pyridine rings is 1. The Morgan fingerprint density at radius 2 is 1.67 bits per heavy atom. The lowest BCUT2D eigenvalue weighted by Crippen LogP contribution is -2.35. The molecule has 1 amide bonds. The largest absolute Gasteiger partial charge is 0.383 e. The third-order valence-corrected chi connectivity index (χ3v) is 6.30. The number of nitrogens with one attached hydrogen (secondary N) is 1. The van der Waals surface area contributed by atoms with Crippen molar-refractivity contribution < 1.29 is 4.79 Å². The van der Waals surface area contributed by atoms with Gasteiger partial charge in [0.25, 0.3) is 5.91 Å². The highest BCUT2D eigenvalue weighted by Crippen LogP contribution is 2.33. The molecule has 1 aliphatic heterocycles. The van der Waals surface area contributed by atoms with E-state index in [0.717, 1.165) is 39.8 Å². The maximum absolute atomic E-state index is 12.0. The Morgan fingerprint density at radius 1 is 0.967 bits per heavy atom. The number of amides is 1. The lowest BCUT2D eigenvalue weighted by Gasteiger charge is -2.33. The number of aromatic nitrogens is 1. The average Bonchev–Trinajstić information content (AvgIpc) is 2.74. The van der Waals surface area contributed by atoms with Crippen LogP contribution in [-0.4, -0.2) is 36.4 Å². The first-order valence-corrected chi connectivity index (χ1v) is 10.2. The van der Waals surface area contributed by atoms with Gasteiger partial charge in [0.15, 0.2) is 0 Å². The number of fused-ring (bicyclic) bond motifs is 1. The lowest BCUT2D eigenvalue weighted by molar-refractivity contribution is 0.0946. The molecular formula is C25H28N4O. The molecule has 0 saturated carbocycles. The summed E-state index contributed by atoms with van der Waals surface area (Å²) in [6.07, 6.45) is 2.64. The van der Waals surface area contributed by atoms with Gasteiger partial charge in [0, 0.05) is 35.0 Å². The van der Waals surface area contributed by atoms with Crippen molar-refractivity contribution in [1.82, 2.24) is 15.2 Å². The number of hydrogen-bond acceptors (Lipinski definition) is 4. The summed E-state index contributed by atoms with van der Waals surface area (Å²) in [4.78, 5) is 18.7. The second kappa shape index (κ2) is 7.58. The predicted octanol–water partition coefficient (Wildman–Crippen LogP) is 4.08. The van der Waals surface area contributed by atoms with Crippen LogP contribution in [0.2, 0.25) is 0 Å². The van der Waals surface area contributed by atoms with Crippen molar-refractivity contribution in [2.24, 2.45) is 0 Å². The summed E-state index contributed by atoms with van der Waals surface area (Å²) in [6, 6.07) is 16.6. The van der Waals surface area contributed by atoms with Crippen molar-refractivity contribution in [3.63, 3.8) is 0 Å². The molecule has 2 aromatic carbocycles. The molecule has 0 spiro atoms. The number of anilines is 1. The van der Waals surface area contributed by atoms with Crippen LogP contribution in [0.15, 0.2) is 54.7 Å². The zero-order valence-corrected chi connectivity index (χ0v) is 18.0. The van der Waals surface area contributed by atoms with Crippen LogP contribution >= 0.6 is 0 Å². The Labute approximate surface area is 177 Å². The van der Waals surface area contributed by atoms with Crippen LogP contribution < -0.4 is 11.1 Å². The minimum absolute atomic E-state index is 0.0108. The first-order valence-electron chi connectivity index (χ1n) is 10.2. The number of carbonyl (C=O) groups is 1. The van der Waals surface area contributed by atoms with E-state index in [1.807, 2.05) is 18.3 Å². The molecule has 3 aromatic rings. The SMILES string of the molecule is CN(C)C(C)(C)c1ccc(-c2cnc(N)c(-c3ccc4c(c3)CCNC4=O)c2)cc1. The number of hydrogen-bond donors (Lipinski definition) is 2. The maximum atomic E-state index is 12.0. The van der Waals surface area contributed by atoms with Gasteiger partial charge in [0.1, 0.15) is 5.82 Å². The van der Waals surface area contributed by atoms with E-state index in [4.69, 9.17) is 5.73 Å². The Bertz CT molecular complexity index is 1100. The molecule has 4 rings (SSSR count). The van der Waals surface area contributed by atoms with Crippen LogP contribution in [0.5, 0.6) is 0 Å². The van der Waals surface area contributed by atoms with Crippen molar-refractivity contribution in [3.8, 4) is 22.3 Å². The Kier molecular flexibility index (Phi) is 5.08. The maximum Gasteiger partial charge on any atom is 0.251 e. The minimum Gasteiger partial charge on any atom is -0.383 e. The van der Waals surface area contributed by atoms with Gasteiger partial charge in [-0.15, -0.1) is 0 Å². The molecule has 0 unspecified atom stereocenters. The first kappa shape index (κ1) is 20.1. The third-order valence-electron chi connectivity index (χ3n) is 6.30. The normalized spacial score (nSPS) is 13.8. The Morgan fingerprint density at radius 3 is 2.37 bits per heavy atom. The van der Waals surface area contributed by atoms with Gasteiger partial charge in [0.05, 0.1) is 0 Å². The van der Waals surface area contributed by atoms with Gasteiger partial charge in [-0.2, -0.15) is 0 Å². The average molecular weight is 401 g/mol. The van der Waals surface area contributed by atoms with E-state index in [0.29, 0.717) is 12.4 Å². The van der Waals surface area contributed by atoms with E-state index in [-0.39, 0.29) is 11.4 Å². The van der Waals surface area contributed by atoms with Gasteiger partial charge in [-0.25, -0.2) is 4.98 Å². The summed E-state index contributed by atoms with van der Waals surface area (Å²) in [5, 5.41) is 2.88. The molecule has 0 saturated heterocycles. The molecule has 2 heterocycles. The standard InChI is InChI=1S/C25H28N4O/c1-25(2,29(3)4)20-8-5-16(6-9-20)19-14-22(23(26)28-15-19)17-7-10-21-18(13-17)11-12-27-24(21)30/h5-10,13-15H,11-12H2,1-4H3,(H2,26,28)(H,27,30). The smallest absolute Gasteiger partial charge is 0.251 e. The van der Waals surface area contributed by atoms with Gasteiger partial charge >= 0.3 is 0 Å². The molecule has 1 aliphatic rings. The van der Waals surface area contributed by atoms with Gasteiger partial charge in [0.2, 0.25) is 0 Å². The highest BCUT2D eigenvalue weighted by atomic mass is 16.1. The molecular weight excluding hydrogens is 372 g/mol. The van der Waals surface area contributed by atoms with Gasteiger partial charge in [-0.3, -0.25) is 4.79 Å². The summed E-state index contributed by atoms with van der Waals surface area (Å²) in [5.74, 6) is 0.479. The molecule has 0 fully saturated rings. The van der Waals surface area contributed by atoms with Crippen LogP contribution in [0.1, 0.15) is 35.3 Å². The van der Waals surface area contributed by atoms with Crippen molar-refractivity contribution in [3.05, 3.63) is 71.4 Å². The van der Waals surface area contributed by atoms with Crippen molar-refractivity contribution in [2.45, 2.75) is 25.8 Å². The van der Waals surface area contributed by atoms with Crippen molar-refractivity contribution in [1.29, 1.82) is 0 Å². The molecule has 154 valence electrons. The molecule has 0 bridgehead atoms. The monoisotopic (exact) mass is 400 g/mol. The molecule has 5 heteroatoms. The van der Waals surface area contributed by atoms with Crippen LogP contribution in [0.3, 0.4) is 0 Å². The fourth-order valence-electron chi connectivity index (χ4n) is 3.79. The fraction of sp³-hybridized carbons (Fsp3) is 0.280. The molecule has 0 aliphatic carbocycles. The van der Waals surface area contributed by atoms with Crippen LogP contribution in [0.4, 0.5) is 5.82 Å². The highest BCUT2D eigenvalue weighted by Gasteiger charge is 2.23. The third kappa shape index (κ3) is 3.57. The minimum atomic E-state index is -0.0432. The van der Waals surface area contributed by atoms with Crippen molar-refractivity contribution in [2.75, 3.05) is 26.4 Å². The Hall–Kier alpha value is -3.18. The molecule has 0 radical (unpaired) electrons. The summed E-state index contributed by atoms with van der Waals surface area (Å²) >= 11 is 0. The van der Waals surface area contributed by atoms with Crippen LogP contribution in [-0.2, 0) is 12.0 Å². The summed E-state index contributed by atoms with van der Waals surface area (Å²) in [7, 11) is 4.18. The predicted molar refractivity (Wildman–Crippen MR) is 122 cm³/mol. The van der Waals surface area contributed by atoms with Crippen LogP contribution in [0, 0.1) is 0 Å². The summed E-state index contributed by atoms with van der Waals surface area (Å²) in [6.45, 7) is 5.08. The topological polar surface area (TPSA) is 71.2 Å². The van der Waals surface area contributed by atoms with Gasteiger partial charge in [-0.05, 0) is 68.8 Å². The second-order valence-corrected chi connectivity index (χ2v) is 8.57. The quantitative estimate of drug-likeness (QED) is 0.692. The molecule has 0 atom stereocenters. The van der Waals surface area contributed by atoms with Crippen LogP contribution in [0.25, 0.3) is 22.3 Å². The van der Waals surface area contributed by atoms with Gasteiger partial charge in [-0.1, -0.05) is 36.4 Å². The molecule has 1 aromatic heterocycles. The zero-order valence-electron chi connectivity index (χ0n) is 18.0. The number of nitrogen functional groups attached to an aromatic ring is 1. The van der Waals surface area contributed by atoms with E-state index in [9.17, 15) is 4.79 Å². The number of rotatable bonds is 4. The van der Waals surface area contributed by atoms with E-state index < -0.39 is 0 Å². The van der Waals surface area contributed by atoms with E-state index in [1.54, 1.807) is 0 Å². The molecule has 3 N–H and O–H groups in total. The van der Waals surface area contributed by atoms with Gasteiger partial charge < -0.3 is 16.0 Å². The van der Waals surface area contributed by atoms with E-state index >= 15 is 0 Å². The molecule has 30 heavy (non-hydrogen) atoms. The second-order valence-electron chi connectivity index (χ2n) is 8.57. The first-order chi connectivity index (χ1) is 14.3. The number of benzene rings is 2. The number of carbonyl (C=O) groups excluding carboxylic acids is 1. The van der Waals surface area contributed by atoms with E-state index in [2.05, 4.69) is 79.5 Å².